The lowest BCUT2D eigenvalue weighted by atomic mass is 10.2. The number of likely N-dealkylation sites (N-methyl/N-ethyl adjacent to an activating group) is 1. The predicted molar refractivity (Wildman–Crippen MR) is 81.6 cm³/mol. The van der Waals surface area contributed by atoms with Gasteiger partial charge in [0, 0.05) is 26.1 Å². The average Bonchev–Trinajstić information content (AvgIpc) is 2.49. The third kappa shape index (κ3) is 5.54. The topological polar surface area (TPSA) is 85.2 Å². The first-order valence-electron chi connectivity index (χ1n) is 7.04. The van der Waals surface area contributed by atoms with Crippen molar-refractivity contribution < 1.29 is 18.4 Å². The summed E-state index contributed by atoms with van der Waals surface area (Å²) in [5, 5.41) is 13.4. The second-order valence-electron chi connectivity index (χ2n) is 4.73. The number of hydrogen-bond acceptors (Lipinski definition) is 4. The van der Waals surface area contributed by atoms with E-state index in [0.29, 0.717) is 12.6 Å². The molecule has 0 radical (unpaired) electrons. The van der Waals surface area contributed by atoms with Crippen LogP contribution < -0.4 is 10.6 Å². The van der Waals surface area contributed by atoms with Crippen molar-refractivity contribution in [1.82, 2.24) is 4.90 Å². The number of anilines is 2. The highest BCUT2D eigenvalue weighted by atomic mass is 19.1. The summed E-state index contributed by atoms with van der Waals surface area (Å²) in [6, 6.07) is 3.66. The van der Waals surface area contributed by atoms with Crippen molar-refractivity contribution in [3.8, 4) is 6.07 Å². The molecule has 8 heteroatoms. The van der Waals surface area contributed by atoms with Crippen molar-refractivity contribution >= 4 is 23.2 Å². The Morgan fingerprint density at radius 1 is 1.26 bits per heavy atom. The maximum Gasteiger partial charge on any atom is 0.241 e. The molecule has 0 bridgehead atoms. The Morgan fingerprint density at radius 2 is 1.91 bits per heavy atom. The van der Waals surface area contributed by atoms with E-state index in [2.05, 4.69) is 10.6 Å². The Balaban J connectivity index is 2.78. The molecule has 0 aliphatic rings. The van der Waals surface area contributed by atoms with Crippen LogP contribution in [0.15, 0.2) is 12.1 Å². The van der Waals surface area contributed by atoms with E-state index in [1.165, 1.54) is 11.8 Å². The summed E-state index contributed by atoms with van der Waals surface area (Å²) in [7, 11) is 0. The SMILES string of the molecule is CCN(CCC#N)C(=O)CNc1cc(NC(C)=O)c(F)cc1F. The Kier molecular flexibility index (Phi) is 6.93. The average molecular weight is 324 g/mol. The largest absolute Gasteiger partial charge is 0.374 e. The van der Waals surface area contributed by atoms with Crippen molar-refractivity contribution in [2.45, 2.75) is 20.3 Å². The molecule has 2 amide bonds. The maximum atomic E-state index is 13.7. The summed E-state index contributed by atoms with van der Waals surface area (Å²) in [5.41, 5.74) is -0.273. The van der Waals surface area contributed by atoms with E-state index < -0.39 is 17.5 Å². The number of carbonyl (C=O) groups is 2. The molecular formula is C15H18F2N4O2. The number of benzene rings is 1. The molecule has 0 atom stereocenters. The first-order chi connectivity index (χ1) is 10.9. The fraction of sp³-hybridized carbons (Fsp3) is 0.400. The smallest absolute Gasteiger partial charge is 0.241 e. The molecule has 124 valence electrons. The number of nitrogens with zero attached hydrogens (tertiary/aromatic N) is 2. The standard InChI is InChI=1S/C15H18F2N4O2/c1-3-21(6-4-5-18)15(23)9-19-13-8-14(20-10(2)22)12(17)7-11(13)16/h7-8,19H,3-4,6,9H2,1-2H3,(H,20,22). The van der Waals surface area contributed by atoms with Gasteiger partial charge < -0.3 is 15.5 Å². The van der Waals surface area contributed by atoms with Crippen molar-refractivity contribution in [2.24, 2.45) is 0 Å². The molecule has 1 aromatic rings. The monoisotopic (exact) mass is 324 g/mol. The summed E-state index contributed by atoms with van der Waals surface area (Å²) in [5.74, 6) is -2.58. The summed E-state index contributed by atoms with van der Waals surface area (Å²) < 4.78 is 27.2. The van der Waals surface area contributed by atoms with Crippen LogP contribution in [0.3, 0.4) is 0 Å². The van der Waals surface area contributed by atoms with Gasteiger partial charge in [-0.1, -0.05) is 0 Å². The number of nitriles is 1. The summed E-state index contributed by atoms with van der Waals surface area (Å²) in [6.45, 7) is 3.47. The fourth-order valence-corrected chi connectivity index (χ4v) is 1.90. The Labute approximate surface area is 133 Å². The van der Waals surface area contributed by atoms with Gasteiger partial charge in [-0.2, -0.15) is 5.26 Å². The van der Waals surface area contributed by atoms with E-state index >= 15 is 0 Å². The molecule has 1 rings (SSSR count). The Bertz CT molecular complexity index is 629. The lowest BCUT2D eigenvalue weighted by Gasteiger charge is -2.20. The van der Waals surface area contributed by atoms with Gasteiger partial charge in [0.2, 0.25) is 11.8 Å². The minimum Gasteiger partial charge on any atom is -0.374 e. The predicted octanol–water partition coefficient (Wildman–Crippen LogP) is 2.10. The molecule has 0 fully saturated rings. The van der Waals surface area contributed by atoms with Crippen molar-refractivity contribution in [2.75, 3.05) is 30.3 Å². The molecule has 0 saturated heterocycles. The summed E-state index contributed by atoms with van der Waals surface area (Å²) >= 11 is 0. The molecule has 6 nitrogen and oxygen atoms in total. The number of hydrogen-bond donors (Lipinski definition) is 2. The van der Waals surface area contributed by atoms with Gasteiger partial charge >= 0.3 is 0 Å². The Hall–Kier alpha value is -2.69. The van der Waals surface area contributed by atoms with Crippen LogP contribution in [-0.4, -0.2) is 36.3 Å². The minimum atomic E-state index is -0.904. The van der Waals surface area contributed by atoms with E-state index in [1.807, 2.05) is 6.07 Å². The van der Waals surface area contributed by atoms with Gasteiger partial charge in [-0.05, 0) is 13.0 Å². The van der Waals surface area contributed by atoms with Crippen LogP contribution in [0.4, 0.5) is 20.2 Å². The molecule has 0 heterocycles. The van der Waals surface area contributed by atoms with Gasteiger partial charge in [0.1, 0.15) is 11.6 Å². The van der Waals surface area contributed by atoms with Gasteiger partial charge in [-0.15, -0.1) is 0 Å². The first-order valence-corrected chi connectivity index (χ1v) is 7.04. The molecule has 0 aliphatic heterocycles. The second kappa shape index (κ2) is 8.68. The number of rotatable bonds is 7. The summed E-state index contributed by atoms with van der Waals surface area (Å²) in [4.78, 5) is 24.4. The van der Waals surface area contributed by atoms with Crippen LogP contribution >= 0.6 is 0 Å². The highest BCUT2D eigenvalue weighted by Gasteiger charge is 2.14. The van der Waals surface area contributed by atoms with Crippen LogP contribution in [0.2, 0.25) is 0 Å². The number of nitrogens with one attached hydrogen (secondary N) is 2. The highest BCUT2D eigenvalue weighted by molar-refractivity contribution is 5.89. The third-order valence-electron chi connectivity index (χ3n) is 3.03. The molecular weight excluding hydrogens is 306 g/mol. The van der Waals surface area contributed by atoms with E-state index in [0.717, 1.165) is 6.07 Å². The minimum absolute atomic E-state index is 0.0974. The van der Waals surface area contributed by atoms with Crippen LogP contribution in [0.1, 0.15) is 20.3 Å². The lowest BCUT2D eigenvalue weighted by molar-refractivity contribution is -0.129. The van der Waals surface area contributed by atoms with Crippen molar-refractivity contribution in [3.63, 3.8) is 0 Å². The van der Waals surface area contributed by atoms with E-state index in [-0.39, 0.29) is 36.8 Å². The zero-order chi connectivity index (χ0) is 17.4. The quantitative estimate of drug-likeness (QED) is 0.804. The Morgan fingerprint density at radius 3 is 2.48 bits per heavy atom. The number of carbonyl (C=O) groups excluding carboxylic acids is 2. The van der Waals surface area contributed by atoms with Crippen LogP contribution in [-0.2, 0) is 9.59 Å². The van der Waals surface area contributed by atoms with Gasteiger partial charge in [0.15, 0.2) is 0 Å². The number of amides is 2. The zero-order valence-corrected chi connectivity index (χ0v) is 12.9. The molecule has 0 spiro atoms. The highest BCUT2D eigenvalue weighted by Crippen LogP contribution is 2.23. The van der Waals surface area contributed by atoms with Crippen LogP contribution in [0.25, 0.3) is 0 Å². The maximum absolute atomic E-state index is 13.7. The van der Waals surface area contributed by atoms with Gasteiger partial charge in [0.05, 0.1) is 30.4 Å². The van der Waals surface area contributed by atoms with E-state index in [1.54, 1.807) is 6.92 Å². The first kappa shape index (κ1) is 18.4. The molecule has 2 N–H and O–H groups in total. The fourth-order valence-electron chi connectivity index (χ4n) is 1.90. The lowest BCUT2D eigenvalue weighted by Crippen LogP contribution is -2.36. The van der Waals surface area contributed by atoms with Crippen LogP contribution in [0.5, 0.6) is 0 Å². The van der Waals surface area contributed by atoms with Gasteiger partial charge in [-0.3, -0.25) is 9.59 Å². The van der Waals surface area contributed by atoms with Crippen LogP contribution in [0, 0.1) is 23.0 Å². The molecule has 0 saturated carbocycles. The number of halogens is 2. The molecule has 0 aromatic heterocycles. The van der Waals surface area contributed by atoms with Gasteiger partial charge in [0.25, 0.3) is 0 Å². The van der Waals surface area contributed by atoms with Crippen molar-refractivity contribution in [1.29, 1.82) is 5.26 Å². The van der Waals surface area contributed by atoms with Gasteiger partial charge in [-0.25, -0.2) is 8.78 Å². The van der Waals surface area contributed by atoms with E-state index in [4.69, 9.17) is 5.26 Å². The second-order valence-corrected chi connectivity index (χ2v) is 4.73. The zero-order valence-electron chi connectivity index (χ0n) is 12.9. The summed E-state index contributed by atoms with van der Waals surface area (Å²) in [6.07, 6.45) is 0.206. The molecule has 1 aromatic carbocycles. The van der Waals surface area contributed by atoms with Crippen molar-refractivity contribution in [3.05, 3.63) is 23.8 Å². The molecule has 23 heavy (non-hydrogen) atoms. The normalized spacial score (nSPS) is 9.87. The molecule has 0 unspecified atom stereocenters. The molecule has 0 aliphatic carbocycles. The van der Waals surface area contributed by atoms with E-state index in [9.17, 15) is 18.4 Å². The third-order valence-corrected chi connectivity index (χ3v) is 3.03.